The van der Waals surface area contributed by atoms with Gasteiger partial charge in [0.25, 0.3) is 5.91 Å². The Morgan fingerprint density at radius 2 is 1.93 bits per heavy atom. The third kappa shape index (κ3) is 5.14. The van der Waals surface area contributed by atoms with E-state index in [0.29, 0.717) is 19.4 Å². The van der Waals surface area contributed by atoms with Crippen LogP contribution in [0.5, 0.6) is 5.75 Å². The molecule has 2 rings (SSSR count). The highest BCUT2D eigenvalue weighted by Gasteiger charge is 2.32. The smallest absolute Gasteiger partial charge is 0.387 e. The van der Waals surface area contributed by atoms with Crippen LogP contribution in [0.15, 0.2) is 24.3 Å². The molecule has 1 saturated heterocycles. The number of halogens is 2. The number of hydrogen-bond donors (Lipinski definition) is 0. The van der Waals surface area contributed by atoms with Gasteiger partial charge >= 0.3 is 6.61 Å². The molecule has 1 aliphatic heterocycles. The zero-order chi connectivity index (χ0) is 19.8. The molecule has 1 heterocycles. The fourth-order valence-electron chi connectivity index (χ4n) is 3.02. The normalized spacial score (nSPS) is 16.3. The first-order valence-electron chi connectivity index (χ1n) is 8.33. The average Bonchev–Trinajstić information content (AvgIpc) is 2.67. The van der Waals surface area contributed by atoms with Crippen LogP contribution in [0.2, 0.25) is 0 Å². The van der Waals surface area contributed by atoms with Gasteiger partial charge in [0.05, 0.1) is 23.6 Å². The van der Waals surface area contributed by atoms with Crippen molar-refractivity contribution < 1.29 is 23.1 Å². The largest absolute Gasteiger partial charge is 0.434 e. The number of nitriles is 2. The monoisotopic (exact) mass is 376 g/mol. The van der Waals surface area contributed by atoms with Crippen molar-refractivity contribution in [1.29, 1.82) is 10.5 Å². The van der Waals surface area contributed by atoms with E-state index in [4.69, 9.17) is 10.5 Å². The van der Waals surface area contributed by atoms with Crippen LogP contribution >= 0.6 is 0 Å². The Labute approximate surface area is 155 Å². The van der Waals surface area contributed by atoms with E-state index in [-0.39, 0.29) is 36.9 Å². The Morgan fingerprint density at radius 3 is 2.56 bits per heavy atom. The first-order valence-corrected chi connectivity index (χ1v) is 8.33. The maximum atomic E-state index is 12.8. The summed E-state index contributed by atoms with van der Waals surface area (Å²) in [5.41, 5.74) is -0.00296. The summed E-state index contributed by atoms with van der Waals surface area (Å²) in [5.74, 6) is -1.64. The zero-order valence-corrected chi connectivity index (χ0v) is 14.5. The molecule has 0 radical (unpaired) electrons. The number of hydrogen-bond acceptors (Lipinski definition) is 5. The van der Waals surface area contributed by atoms with Gasteiger partial charge in [0, 0.05) is 13.1 Å². The molecule has 2 amide bonds. The minimum atomic E-state index is -3.06. The van der Waals surface area contributed by atoms with Crippen LogP contribution < -0.4 is 4.74 Å². The fourth-order valence-corrected chi connectivity index (χ4v) is 3.02. The van der Waals surface area contributed by atoms with Gasteiger partial charge in [0.2, 0.25) is 5.91 Å². The number of carbonyl (C=O) groups is 2. The SMILES string of the molecule is N#CCN(CC#N)C(=O)C1CCCN(C(=O)c2ccccc2OC(F)F)C1. The third-order valence-corrected chi connectivity index (χ3v) is 4.23. The maximum Gasteiger partial charge on any atom is 0.387 e. The third-order valence-electron chi connectivity index (χ3n) is 4.23. The quantitative estimate of drug-likeness (QED) is 0.708. The van der Waals surface area contributed by atoms with E-state index in [1.54, 1.807) is 6.07 Å². The average molecular weight is 376 g/mol. The highest BCUT2D eigenvalue weighted by molar-refractivity contribution is 5.97. The molecular weight excluding hydrogens is 358 g/mol. The van der Waals surface area contributed by atoms with E-state index in [1.807, 2.05) is 12.1 Å². The molecular formula is C18H18F2N4O3. The van der Waals surface area contributed by atoms with Gasteiger partial charge in [0.15, 0.2) is 0 Å². The predicted molar refractivity (Wildman–Crippen MR) is 89.5 cm³/mol. The van der Waals surface area contributed by atoms with Gasteiger partial charge in [-0.2, -0.15) is 19.3 Å². The molecule has 0 aromatic heterocycles. The van der Waals surface area contributed by atoms with Crippen molar-refractivity contribution >= 4 is 11.8 Å². The fraction of sp³-hybridized carbons (Fsp3) is 0.444. The molecule has 1 aromatic rings. The number of carbonyl (C=O) groups excluding carboxylic acids is 2. The molecule has 0 spiro atoms. The molecule has 7 nitrogen and oxygen atoms in total. The molecule has 27 heavy (non-hydrogen) atoms. The van der Waals surface area contributed by atoms with Gasteiger partial charge in [-0.25, -0.2) is 0 Å². The Hall–Kier alpha value is -3.20. The summed E-state index contributed by atoms with van der Waals surface area (Å²) in [5, 5.41) is 17.6. The van der Waals surface area contributed by atoms with Gasteiger partial charge in [0.1, 0.15) is 18.8 Å². The van der Waals surface area contributed by atoms with E-state index >= 15 is 0 Å². The predicted octanol–water partition coefficient (Wildman–Crippen LogP) is 2.02. The lowest BCUT2D eigenvalue weighted by Gasteiger charge is -2.34. The minimum Gasteiger partial charge on any atom is -0.434 e. The highest BCUT2D eigenvalue weighted by Crippen LogP contribution is 2.25. The van der Waals surface area contributed by atoms with Crippen LogP contribution in [0.1, 0.15) is 23.2 Å². The minimum absolute atomic E-state index is 0.00296. The van der Waals surface area contributed by atoms with Crippen molar-refractivity contribution in [2.24, 2.45) is 5.92 Å². The van der Waals surface area contributed by atoms with Gasteiger partial charge in [-0.05, 0) is 25.0 Å². The van der Waals surface area contributed by atoms with Gasteiger partial charge < -0.3 is 14.5 Å². The summed E-state index contributed by atoms with van der Waals surface area (Å²) >= 11 is 0. The molecule has 1 aliphatic rings. The lowest BCUT2D eigenvalue weighted by atomic mass is 9.95. The highest BCUT2D eigenvalue weighted by atomic mass is 19.3. The molecule has 142 valence electrons. The first kappa shape index (κ1) is 20.1. The molecule has 0 N–H and O–H groups in total. The Bertz CT molecular complexity index is 757. The number of ether oxygens (including phenoxy) is 1. The number of para-hydroxylation sites is 1. The zero-order valence-electron chi connectivity index (χ0n) is 14.5. The number of alkyl halides is 2. The second-order valence-electron chi connectivity index (χ2n) is 5.98. The van der Waals surface area contributed by atoms with Gasteiger partial charge in [-0.3, -0.25) is 9.59 Å². The van der Waals surface area contributed by atoms with Crippen LogP contribution in [0.25, 0.3) is 0 Å². The Balaban J connectivity index is 2.14. The van der Waals surface area contributed by atoms with Crippen molar-refractivity contribution in [1.82, 2.24) is 9.80 Å². The van der Waals surface area contributed by atoms with Gasteiger partial charge in [-0.1, -0.05) is 12.1 Å². The van der Waals surface area contributed by atoms with Crippen molar-refractivity contribution in [2.75, 3.05) is 26.2 Å². The van der Waals surface area contributed by atoms with Crippen molar-refractivity contribution in [3.05, 3.63) is 29.8 Å². The Kier molecular flexibility index (Phi) is 7.07. The summed E-state index contributed by atoms with van der Waals surface area (Å²) in [4.78, 5) is 27.9. The summed E-state index contributed by atoms with van der Waals surface area (Å²) in [6.45, 7) is -3.00. The lowest BCUT2D eigenvalue weighted by Crippen LogP contribution is -2.47. The molecule has 1 atom stereocenters. The van der Waals surface area contributed by atoms with Crippen molar-refractivity contribution in [2.45, 2.75) is 19.5 Å². The van der Waals surface area contributed by atoms with E-state index < -0.39 is 18.4 Å². The number of amides is 2. The number of nitrogens with zero attached hydrogens (tertiary/aromatic N) is 4. The summed E-state index contributed by atoms with van der Waals surface area (Å²) in [7, 11) is 0. The number of rotatable bonds is 6. The van der Waals surface area contributed by atoms with Gasteiger partial charge in [-0.15, -0.1) is 0 Å². The molecule has 0 aliphatic carbocycles. The summed E-state index contributed by atoms with van der Waals surface area (Å²) in [6.07, 6.45) is 1.07. The number of piperidine rings is 1. The second-order valence-corrected chi connectivity index (χ2v) is 5.98. The van der Waals surface area contributed by atoms with Crippen molar-refractivity contribution in [3.8, 4) is 17.9 Å². The molecule has 1 aromatic carbocycles. The lowest BCUT2D eigenvalue weighted by molar-refractivity contribution is -0.135. The van der Waals surface area contributed by atoms with Crippen LogP contribution in [-0.2, 0) is 4.79 Å². The standard InChI is InChI=1S/C18H18F2N4O3/c19-18(20)27-15-6-2-1-5-14(15)17(26)24-9-3-4-13(12-24)16(25)23(10-7-21)11-8-22/h1-2,5-6,13,18H,3-4,9-12H2. The molecule has 1 unspecified atom stereocenters. The number of benzene rings is 1. The van der Waals surface area contributed by atoms with Crippen LogP contribution in [-0.4, -0.2) is 54.4 Å². The summed E-state index contributed by atoms with van der Waals surface area (Å²) < 4.78 is 29.5. The maximum absolute atomic E-state index is 12.8. The molecule has 0 saturated carbocycles. The van der Waals surface area contributed by atoms with Crippen molar-refractivity contribution in [3.63, 3.8) is 0 Å². The number of likely N-dealkylation sites (tertiary alicyclic amines) is 1. The van der Waals surface area contributed by atoms with Crippen LogP contribution in [0.4, 0.5) is 8.78 Å². The first-order chi connectivity index (χ1) is 13.0. The van der Waals surface area contributed by atoms with Crippen LogP contribution in [0.3, 0.4) is 0 Å². The molecule has 1 fully saturated rings. The van der Waals surface area contributed by atoms with E-state index in [0.717, 1.165) is 4.90 Å². The topological polar surface area (TPSA) is 97.4 Å². The molecule has 9 heteroatoms. The van der Waals surface area contributed by atoms with Crippen LogP contribution in [0, 0.1) is 28.6 Å². The second kappa shape index (κ2) is 9.48. The van der Waals surface area contributed by atoms with E-state index in [1.165, 1.54) is 23.1 Å². The molecule has 0 bridgehead atoms. The van der Waals surface area contributed by atoms with E-state index in [9.17, 15) is 18.4 Å². The van der Waals surface area contributed by atoms with E-state index in [2.05, 4.69) is 4.74 Å². The summed E-state index contributed by atoms with van der Waals surface area (Å²) in [6, 6.07) is 9.39. The Morgan fingerprint density at radius 1 is 1.26 bits per heavy atom.